The Balaban J connectivity index is 1.67. The Morgan fingerprint density at radius 3 is 2.44 bits per heavy atom. The standard InChI is InChI=1S/C25H24N2O4S/c1-3-31-20-13-11-19(12-14-20)27-23(28)16-21(24(27)29)26(25(30)22-10-7-15-32-22)17(2)18-8-5-4-6-9-18/h4-15,17,21H,3,16H2,1-2H3. The zero-order valence-corrected chi connectivity index (χ0v) is 18.7. The Morgan fingerprint density at radius 2 is 1.81 bits per heavy atom. The van der Waals surface area contributed by atoms with E-state index in [4.69, 9.17) is 4.74 Å². The lowest BCUT2D eigenvalue weighted by Gasteiger charge is -2.33. The molecule has 3 aromatic rings. The van der Waals surface area contributed by atoms with Crippen LogP contribution in [-0.2, 0) is 9.59 Å². The highest BCUT2D eigenvalue weighted by Gasteiger charge is 2.46. The van der Waals surface area contributed by atoms with E-state index in [9.17, 15) is 14.4 Å². The van der Waals surface area contributed by atoms with E-state index in [1.165, 1.54) is 16.2 Å². The third-order valence-corrected chi connectivity index (χ3v) is 6.39. The van der Waals surface area contributed by atoms with Crippen LogP contribution in [0.5, 0.6) is 5.75 Å². The van der Waals surface area contributed by atoms with Crippen LogP contribution in [0.15, 0.2) is 72.1 Å². The normalized spacial score (nSPS) is 16.8. The second kappa shape index (κ2) is 9.36. The van der Waals surface area contributed by atoms with Crippen molar-refractivity contribution in [1.29, 1.82) is 0 Å². The Morgan fingerprint density at radius 1 is 1.09 bits per heavy atom. The predicted molar refractivity (Wildman–Crippen MR) is 124 cm³/mol. The van der Waals surface area contributed by atoms with Gasteiger partial charge in [0.05, 0.1) is 29.6 Å². The number of hydrogen-bond donors (Lipinski definition) is 0. The van der Waals surface area contributed by atoms with Gasteiger partial charge in [-0.1, -0.05) is 36.4 Å². The molecule has 0 N–H and O–H groups in total. The molecular formula is C25H24N2O4S. The van der Waals surface area contributed by atoms with Gasteiger partial charge < -0.3 is 9.64 Å². The van der Waals surface area contributed by atoms with Crippen molar-refractivity contribution in [2.75, 3.05) is 11.5 Å². The first-order chi connectivity index (χ1) is 15.5. The Kier molecular flexibility index (Phi) is 6.37. The molecule has 2 unspecified atom stereocenters. The molecule has 1 aliphatic rings. The van der Waals surface area contributed by atoms with Crippen molar-refractivity contribution in [3.63, 3.8) is 0 Å². The molecule has 2 aromatic carbocycles. The summed E-state index contributed by atoms with van der Waals surface area (Å²) in [5, 5.41) is 1.83. The maximum atomic E-state index is 13.5. The molecule has 2 heterocycles. The van der Waals surface area contributed by atoms with Gasteiger partial charge in [0.1, 0.15) is 11.8 Å². The van der Waals surface area contributed by atoms with Crippen LogP contribution in [0, 0.1) is 0 Å². The highest BCUT2D eigenvalue weighted by atomic mass is 32.1. The van der Waals surface area contributed by atoms with Gasteiger partial charge in [-0.2, -0.15) is 0 Å². The highest BCUT2D eigenvalue weighted by Crippen LogP contribution is 2.33. The minimum Gasteiger partial charge on any atom is -0.494 e. The van der Waals surface area contributed by atoms with E-state index in [1.54, 1.807) is 41.3 Å². The first kappa shape index (κ1) is 21.8. The lowest BCUT2D eigenvalue weighted by Crippen LogP contribution is -2.46. The predicted octanol–water partition coefficient (Wildman–Crippen LogP) is 4.68. The number of benzene rings is 2. The molecule has 1 fully saturated rings. The number of amides is 3. The van der Waals surface area contributed by atoms with Crippen LogP contribution in [0.25, 0.3) is 0 Å². The van der Waals surface area contributed by atoms with E-state index in [0.29, 0.717) is 22.9 Å². The van der Waals surface area contributed by atoms with E-state index in [-0.39, 0.29) is 24.3 Å². The molecule has 6 nitrogen and oxygen atoms in total. The zero-order chi connectivity index (χ0) is 22.7. The summed E-state index contributed by atoms with van der Waals surface area (Å²) in [6.07, 6.45) is -0.0552. The van der Waals surface area contributed by atoms with E-state index in [2.05, 4.69) is 0 Å². The number of imide groups is 1. The number of carbonyl (C=O) groups excluding carboxylic acids is 3. The fourth-order valence-electron chi connectivity index (χ4n) is 3.97. The summed E-state index contributed by atoms with van der Waals surface area (Å²) < 4.78 is 5.45. The first-order valence-electron chi connectivity index (χ1n) is 10.5. The van der Waals surface area contributed by atoms with Gasteiger partial charge in [0.15, 0.2) is 0 Å². The summed E-state index contributed by atoms with van der Waals surface area (Å²) >= 11 is 1.32. The fourth-order valence-corrected chi connectivity index (χ4v) is 4.64. The van der Waals surface area contributed by atoms with E-state index < -0.39 is 11.9 Å². The quantitative estimate of drug-likeness (QED) is 0.492. The van der Waals surface area contributed by atoms with Crippen LogP contribution in [0.2, 0.25) is 0 Å². The van der Waals surface area contributed by atoms with Crippen molar-refractivity contribution >= 4 is 34.7 Å². The summed E-state index contributed by atoms with van der Waals surface area (Å²) in [6.45, 7) is 4.30. The maximum absolute atomic E-state index is 13.5. The molecule has 164 valence electrons. The molecule has 0 saturated carbocycles. The smallest absolute Gasteiger partial charge is 0.265 e. The average molecular weight is 449 g/mol. The van der Waals surface area contributed by atoms with Crippen molar-refractivity contribution in [3.8, 4) is 5.75 Å². The third-order valence-electron chi connectivity index (χ3n) is 5.53. The van der Waals surface area contributed by atoms with Gasteiger partial charge in [-0.15, -0.1) is 11.3 Å². The molecular weight excluding hydrogens is 424 g/mol. The van der Waals surface area contributed by atoms with Gasteiger partial charge in [0, 0.05) is 0 Å². The molecule has 2 atom stereocenters. The molecule has 7 heteroatoms. The topological polar surface area (TPSA) is 66.9 Å². The molecule has 3 amide bonds. The summed E-state index contributed by atoms with van der Waals surface area (Å²) in [5.41, 5.74) is 1.37. The number of anilines is 1. The molecule has 0 aliphatic carbocycles. The van der Waals surface area contributed by atoms with E-state index >= 15 is 0 Å². The number of nitrogens with zero attached hydrogens (tertiary/aromatic N) is 2. The molecule has 1 saturated heterocycles. The number of ether oxygens (including phenoxy) is 1. The second-order valence-corrected chi connectivity index (χ2v) is 8.44. The average Bonchev–Trinajstić information content (AvgIpc) is 3.44. The van der Waals surface area contributed by atoms with Crippen LogP contribution in [0.3, 0.4) is 0 Å². The van der Waals surface area contributed by atoms with Crippen LogP contribution in [0.1, 0.15) is 41.5 Å². The summed E-state index contributed by atoms with van der Waals surface area (Å²) in [7, 11) is 0. The Labute approximate surface area is 191 Å². The minimum atomic E-state index is -0.876. The molecule has 4 rings (SSSR count). The number of rotatable bonds is 7. The van der Waals surface area contributed by atoms with Crippen molar-refractivity contribution in [3.05, 3.63) is 82.6 Å². The lowest BCUT2D eigenvalue weighted by molar-refractivity contribution is -0.122. The maximum Gasteiger partial charge on any atom is 0.265 e. The second-order valence-electron chi connectivity index (χ2n) is 7.49. The molecule has 32 heavy (non-hydrogen) atoms. The van der Waals surface area contributed by atoms with Gasteiger partial charge in [0.25, 0.3) is 11.8 Å². The van der Waals surface area contributed by atoms with Crippen LogP contribution >= 0.6 is 11.3 Å². The van der Waals surface area contributed by atoms with Crippen LogP contribution in [0.4, 0.5) is 5.69 Å². The van der Waals surface area contributed by atoms with E-state index in [1.807, 2.05) is 49.6 Å². The van der Waals surface area contributed by atoms with Gasteiger partial charge in [-0.3, -0.25) is 14.4 Å². The van der Waals surface area contributed by atoms with Crippen molar-refractivity contribution < 1.29 is 19.1 Å². The lowest BCUT2D eigenvalue weighted by atomic mass is 10.0. The minimum absolute atomic E-state index is 0.0552. The summed E-state index contributed by atoms with van der Waals surface area (Å²) in [4.78, 5) is 43.1. The molecule has 0 spiro atoms. The molecule has 1 aromatic heterocycles. The SMILES string of the molecule is CCOc1ccc(N2C(=O)CC(N(C(=O)c3cccs3)C(C)c3ccccc3)C2=O)cc1. The van der Waals surface area contributed by atoms with Gasteiger partial charge >= 0.3 is 0 Å². The summed E-state index contributed by atoms with van der Waals surface area (Å²) in [6, 6.07) is 18.7. The first-order valence-corrected chi connectivity index (χ1v) is 11.4. The zero-order valence-electron chi connectivity index (χ0n) is 17.9. The molecule has 1 aliphatic heterocycles. The number of hydrogen-bond acceptors (Lipinski definition) is 5. The third kappa shape index (κ3) is 4.16. The van der Waals surface area contributed by atoms with Crippen LogP contribution in [-0.4, -0.2) is 35.3 Å². The van der Waals surface area contributed by atoms with Crippen molar-refractivity contribution in [2.24, 2.45) is 0 Å². The largest absolute Gasteiger partial charge is 0.494 e. The summed E-state index contributed by atoms with van der Waals surface area (Å²) in [5.74, 6) is -0.310. The van der Waals surface area contributed by atoms with Crippen molar-refractivity contribution in [1.82, 2.24) is 4.90 Å². The Hall–Kier alpha value is -3.45. The number of thiophene rings is 1. The fraction of sp³-hybridized carbons (Fsp3) is 0.240. The monoisotopic (exact) mass is 448 g/mol. The number of carbonyl (C=O) groups is 3. The van der Waals surface area contributed by atoms with Crippen molar-refractivity contribution in [2.45, 2.75) is 32.4 Å². The Bertz CT molecular complexity index is 1100. The molecule has 0 bridgehead atoms. The van der Waals surface area contributed by atoms with Gasteiger partial charge in [-0.25, -0.2) is 4.90 Å². The van der Waals surface area contributed by atoms with Crippen LogP contribution < -0.4 is 9.64 Å². The van der Waals surface area contributed by atoms with Gasteiger partial charge in [-0.05, 0) is 55.1 Å². The molecule has 0 radical (unpaired) electrons. The van der Waals surface area contributed by atoms with E-state index in [0.717, 1.165) is 5.56 Å². The highest BCUT2D eigenvalue weighted by molar-refractivity contribution is 7.12. The van der Waals surface area contributed by atoms with Gasteiger partial charge in [0.2, 0.25) is 5.91 Å².